The van der Waals surface area contributed by atoms with E-state index in [0.29, 0.717) is 36.5 Å². The minimum atomic E-state index is -0.153. The van der Waals surface area contributed by atoms with Crippen LogP contribution in [0.4, 0.5) is 0 Å². The van der Waals surface area contributed by atoms with Gasteiger partial charge in [0.05, 0.1) is 6.10 Å². The fraction of sp³-hybridized carbons (Fsp3) is 0.533. The van der Waals surface area contributed by atoms with Crippen LogP contribution in [0.1, 0.15) is 40.6 Å². The van der Waals surface area contributed by atoms with Gasteiger partial charge in [-0.3, -0.25) is 4.79 Å². The third kappa shape index (κ3) is 2.21. The van der Waals surface area contributed by atoms with Crippen LogP contribution >= 0.6 is 0 Å². The van der Waals surface area contributed by atoms with E-state index < -0.39 is 0 Å². The first-order valence-electron chi connectivity index (χ1n) is 7.41. The van der Waals surface area contributed by atoms with Crippen LogP contribution < -0.4 is 0 Å². The van der Waals surface area contributed by atoms with Gasteiger partial charge < -0.3 is 18.6 Å². The van der Waals surface area contributed by atoms with E-state index in [1.807, 2.05) is 6.92 Å². The molecule has 7 nitrogen and oxygen atoms in total. The lowest BCUT2D eigenvalue weighted by molar-refractivity contribution is 0.0195. The number of likely N-dealkylation sites (tertiary alicyclic amines) is 1. The standard InChI is InChI=1S/C15H17N3O4/c1-8-3-4-11(20-8)15(19)18-6-10-5-12(21-13(10)7-18)14-16-9(2)17-22-14/h3-4,10,12-13H,5-7H2,1-2H3/t10-,12-,13+/m0/s1. The summed E-state index contributed by atoms with van der Waals surface area (Å²) in [6, 6.07) is 3.52. The van der Waals surface area contributed by atoms with Crippen LogP contribution in [0.25, 0.3) is 0 Å². The van der Waals surface area contributed by atoms with Crippen LogP contribution in [0.15, 0.2) is 21.1 Å². The van der Waals surface area contributed by atoms with Gasteiger partial charge in [-0.15, -0.1) is 0 Å². The van der Waals surface area contributed by atoms with E-state index in [4.69, 9.17) is 13.7 Å². The van der Waals surface area contributed by atoms with Crippen molar-refractivity contribution in [1.82, 2.24) is 15.0 Å². The highest BCUT2D eigenvalue weighted by molar-refractivity contribution is 5.91. The van der Waals surface area contributed by atoms with Gasteiger partial charge in [0.1, 0.15) is 11.9 Å². The van der Waals surface area contributed by atoms with Gasteiger partial charge in [-0.2, -0.15) is 4.98 Å². The molecule has 0 aliphatic carbocycles. The average molecular weight is 303 g/mol. The van der Waals surface area contributed by atoms with Crippen molar-refractivity contribution in [2.75, 3.05) is 13.1 Å². The summed E-state index contributed by atoms with van der Waals surface area (Å²) in [5.74, 6) is 2.51. The monoisotopic (exact) mass is 303 g/mol. The molecule has 2 saturated heterocycles. The van der Waals surface area contributed by atoms with Crippen molar-refractivity contribution in [3.63, 3.8) is 0 Å². The molecule has 0 saturated carbocycles. The lowest BCUT2D eigenvalue weighted by Gasteiger charge is -2.17. The number of ether oxygens (including phenoxy) is 1. The van der Waals surface area contributed by atoms with Gasteiger partial charge in [0.2, 0.25) is 0 Å². The smallest absolute Gasteiger partial charge is 0.289 e. The maximum Gasteiger partial charge on any atom is 0.289 e. The van der Waals surface area contributed by atoms with Gasteiger partial charge in [-0.05, 0) is 32.4 Å². The van der Waals surface area contributed by atoms with Crippen LogP contribution in [0, 0.1) is 19.8 Å². The Morgan fingerprint density at radius 3 is 2.82 bits per heavy atom. The van der Waals surface area contributed by atoms with E-state index >= 15 is 0 Å². The zero-order valence-corrected chi connectivity index (χ0v) is 12.5. The van der Waals surface area contributed by atoms with Crippen molar-refractivity contribution in [2.24, 2.45) is 5.92 Å². The SMILES string of the molecule is Cc1noc([C@@H]2C[C@H]3CN(C(=O)c4ccc(C)o4)C[C@H]3O2)n1. The summed E-state index contributed by atoms with van der Waals surface area (Å²) in [5, 5.41) is 3.80. The Bertz CT molecular complexity index is 693. The Morgan fingerprint density at radius 1 is 1.32 bits per heavy atom. The van der Waals surface area contributed by atoms with Gasteiger partial charge in [0, 0.05) is 19.0 Å². The molecule has 2 aliphatic rings. The first-order valence-corrected chi connectivity index (χ1v) is 7.41. The molecule has 0 aromatic carbocycles. The number of carbonyl (C=O) groups is 1. The van der Waals surface area contributed by atoms with Crippen LogP contribution in [-0.4, -0.2) is 40.1 Å². The van der Waals surface area contributed by atoms with Crippen LogP contribution in [0.2, 0.25) is 0 Å². The number of hydrogen-bond donors (Lipinski definition) is 0. The summed E-state index contributed by atoms with van der Waals surface area (Å²) in [7, 11) is 0. The minimum absolute atomic E-state index is 0.0252. The van der Waals surface area contributed by atoms with Gasteiger partial charge in [0.25, 0.3) is 11.8 Å². The number of furan rings is 1. The van der Waals surface area contributed by atoms with Crippen molar-refractivity contribution in [2.45, 2.75) is 32.5 Å². The normalized spacial score (nSPS) is 27.4. The molecule has 2 aromatic heterocycles. The molecule has 22 heavy (non-hydrogen) atoms. The zero-order chi connectivity index (χ0) is 15.3. The summed E-state index contributed by atoms with van der Waals surface area (Å²) in [6.07, 6.45) is 0.671. The molecule has 3 atom stereocenters. The summed E-state index contributed by atoms with van der Waals surface area (Å²) in [5.41, 5.74) is 0. The predicted octanol–water partition coefficient (Wildman–Crippen LogP) is 1.88. The van der Waals surface area contributed by atoms with Crippen molar-refractivity contribution < 1.29 is 18.5 Å². The van der Waals surface area contributed by atoms with Crippen LogP contribution in [0.5, 0.6) is 0 Å². The number of nitrogens with zero attached hydrogens (tertiary/aromatic N) is 3. The third-order valence-corrected chi connectivity index (χ3v) is 4.29. The van der Waals surface area contributed by atoms with E-state index in [2.05, 4.69) is 10.1 Å². The molecule has 4 heterocycles. The summed E-state index contributed by atoms with van der Waals surface area (Å²) < 4.78 is 16.6. The van der Waals surface area contributed by atoms with E-state index in [1.165, 1.54) is 0 Å². The molecule has 2 aliphatic heterocycles. The zero-order valence-electron chi connectivity index (χ0n) is 12.5. The quantitative estimate of drug-likeness (QED) is 0.842. The maximum absolute atomic E-state index is 12.4. The minimum Gasteiger partial charge on any atom is -0.456 e. The Labute approximate surface area is 127 Å². The highest BCUT2D eigenvalue weighted by Gasteiger charge is 2.45. The Kier molecular flexibility index (Phi) is 3.04. The lowest BCUT2D eigenvalue weighted by Crippen LogP contribution is -2.30. The fourth-order valence-electron chi connectivity index (χ4n) is 3.24. The van der Waals surface area contributed by atoms with Crippen molar-refractivity contribution in [1.29, 1.82) is 0 Å². The summed E-state index contributed by atoms with van der Waals surface area (Å²) in [4.78, 5) is 18.4. The number of fused-ring (bicyclic) bond motifs is 1. The highest BCUT2D eigenvalue weighted by atomic mass is 16.5. The lowest BCUT2D eigenvalue weighted by atomic mass is 10.0. The van der Waals surface area contributed by atoms with Crippen LogP contribution in [0.3, 0.4) is 0 Å². The van der Waals surface area contributed by atoms with Gasteiger partial charge in [0.15, 0.2) is 11.6 Å². The van der Waals surface area contributed by atoms with Crippen molar-refractivity contribution in [3.05, 3.63) is 35.4 Å². The second kappa shape index (κ2) is 4.95. The summed E-state index contributed by atoms with van der Waals surface area (Å²) in [6.45, 7) is 4.86. The molecule has 116 valence electrons. The third-order valence-electron chi connectivity index (χ3n) is 4.29. The van der Waals surface area contributed by atoms with Crippen LogP contribution in [-0.2, 0) is 4.74 Å². The summed E-state index contributed by atoms with van der Waals surface area (Å²) >= 11 is 0. The average Bonchev–Trinajstić information content (AvgIpc) is 3.19. The van der Waals surface area contributed by atoms with E-state index in [0.717, 1.165) is 12.2 Å². The largest absolute Gasteiger partial charge is 0.456 e. The molecule has 0 spiro atoms. The number of amides is 1. The second-order valence-corrected chi connectivity index (χ2v) is 5.96. The number of hydrogen-bond acceptors (Lipinski definition) is 6. The van der Waals surface area contributed by atoms with E-state index in [9.17, 15) is 4.79 Å². The first kappa shape index (κ1) is 13.5. The Morgan fingerprint density at radius 2 is 2.18 bits per heavy atom. The molecule has 0 N–H and O–H groups in total. The molecule has 7 heteroatoms. The number of rotatable bonds is 2. The maximum atomic E-state index is 12.4. The molecule has 0 bridgehead atoms. The number of aryl methyl sites for hydroxylation is 2. The van der Waals surface area contributed by atoms with Crippen molar-refractivity contribution >= 4 is 5.91 Å². The molecule has 2 aromatic rings. The van der Waals surface area contributed by atoms with Gasteiger partial charge in [-0.1, -0.05) is 5.16 Å². The molecule has 0 unspecified atom stereocenters. The van der Waals surface area contributed by atoms with Gasteiger partial charge >= 0.3 is 0 Å². The number of aromatic nitrogens is 2. The molecule has 0 radical (unpaired) electrons. The first-order chi connectivity index (χ1) is 10.6. The topological polar surface area (TPSA) is 81.6 Å². The van der Waals surface area contributed by atoms with E-state index in [1.54, 1.807) is 24.0 Å². The van der Waals surface area contributed by atoms with E-state index in [-0.39, 0.29) is 18.1 Å². The Balaban J connectivity index is 1.42. The molecular formula is C15H17N3O4. The second-order valence-electron chi connectivity index (χ2n) is 5.96. The molecule has 4 rings (SSSR count). The molecular weight excluding hydrogens is 286 g/mol. The molecule has 1 amide bonds. The van der Waals surface area contributed by atoms with Crippen molar-refractivity contribution in [3.8, 4) is 0 Å². The highest BCUT2D eigenvalue weighted by Crippen LogP contribution is 2.40. The number of carbonyl (C=O) groups excluding carboxylic acids is 1. The van der Waals surface area contributed by atoms with Gasteiger partial charge in [-0.25, -0.2) is 0 Å². The fourth-order valence-corrected chi connectivity index (χ4v) is 3.24. The predicted molar refractivity (Wildman–Crippen MR) is 74.1 cm³/mol. The molecule has 2 fully saturated rings. The Hall–Kier alpha value is -2.15.